The molecule has 1 N–H and O–H groups in total. The molecule has 0 spiro atoms. The molecule has 0 aromatic heterocycles. The highest BCUT2D eigenvalue weighted by Gasteiger charge is 2.26. The summed E-state index contributed by atoms with van der Waals surface area (Å²) in [4.78, 5) is 12.7. The number of nitrogens with one attached hydrogen (secondary N) is 1. The van der Waals surface area contributed by atoms with Crippen molar-refractivity contribution < 1.29 is 22.7 Å². The maximum atomic E-state index is 13.2. The fraction of sp³-hybridized carbons (Fsp3) is 0.167. The molecule has 0 unspecified atom stereocenters. The SMILES string of the molecule is O=C(CN(CCc1ccccc1)S(=O)(=O)c1ccccc1)N/N=C/c1cc2c(cc1Br)OCO2. The summed E-state index contributed by atoms with van der Waals surface area (Å²) < 4.78 is 39.0. The first-order valence-corrected chi connectivity index (χ1v) is 12.7. The van der Waals surface area contributed by atoms with Crippen molar-refractivity contribution in [2.75, 3.05) is 19.9 Å². The highest BCUT2D eigenvalue weighted by Crippen LogP contribution is 2.36. The standard InChI is InChI=1S/C24H22BrN3O5S/c25-21-14-23-22(32-17-33-23)13-19(21)15-26-27-24(29)16-28(12-11-18-7-3-1-4-8-18)34(30,31)20-9-5-2-6-10-20/h1-10,13-15H,11-12,16-17H2,(H,27,29)/b26-15+. The number of ether oxygens (including phenoxy) is 2. The second-order valence-corrected chi connectivity index (χ2v) is 10.2. The minimum Gasteiger partial charge on any atom is -0.454 e. The Morgan fingerprint density at radius 2 is 1.68 bits per heavy atom. The molecule has 0 saturated carbocycles. The van der Waals surface area contributed by atoms with Gasteiger partial charge in [-0.1, -0.05) is 48.5 Å². The van der Waals surface area contributed by atoms with E-state index in [1.807, 2.05) is 30.3 Å². The zero-order chi connectivity index (χ0) is 24.0. The van der Waals surface area contributed by atoms with Crippen LogP contribution in [-0.4, -0.2) is 44.7 Å². The van der Waals surface area contributed by atoms with Crippen LogP contribution in [0.25, 0.3) is 0 Å². The molecule has 1 aliphatic rings. The number of carbonyl (C=O) groups excluding carboxylic acids is 1. The van der Waals surface area contributed by atoms with Gasteiger partial charge < -0.3 is 9.47 Å². The molecule has 3 aromatic carbocycles. The van der Waals surface area contributed by atoms with Crippen molar-refractivity contribution >= 4 is 38.1 Å². The summed E-state index contributed by atoms with van der Waals surface area (Å²) in [6.45, 7) is -0.0798. The lowest BCUT2D eigenvalue weighted by molar-refractivity contribution is -0.121. The molecule has 0 atom stereocenters. The summed E-state index contributed by atoms with van der Waals surface area (Å²) >= 11 is 3.43. The molecule has 176 valence electrons. The Morgan fingerprint density at radius 3 is 2.38 bits per heavy atom. The molecule has 1 aliphatic heterocycles. The summed E-state index contributed by atoms with van der Waals surface area (Å²) in [5.41, 5.74) is 4.05. The molecule has 0 saturated heterocycles. The molecule has 0 fully saturated rings. The first kappa shape index (κ1) is 23.9. The van der Waals surface area contributed by atoms with Gasteiger partial charge in [0.1, 0.15) is 0 Å². The number of nitrogens with zero attached hydrogens (tertiary/aromatic N) is 2. The van der Waals surface area contributed by atoms with E-state index in [-0.39, 0.29) is 24.8 Å². The van der Waals surface area contributed by atoms with Crippen molar-refractivity contribution in [3.8, 4) is 11.5 Å². The van der Waals surface area contributed by atoms with Crippen molar-refractivity contribution in [1.29, 1.82) is 0 Å². The first-order valence-electron chi connectivity index (χ1n) is 10.4. The first-order chi connectivity index (χ1) is 16.4. The number of amides is 1. The van der Waals surface area contributed by atoms with Gasteiger partial charge >= 0.3 is 0 Å². The molecule has 34 heavy (non-hydrogen) atoms. The second-order valence-electron chi connectivity index (χ2n) is 7.41. The number of fused-ring (bicyclic) bond motifs is 1. The van der Waals surface area contributed by atoms with Gasteiger partial charge in [-0.25, -0.2) is 13.8 Å². The number of benzene rings is 3. The predicted molar refractivity (Wildman–Crippen MR) is 131 cm³/mol. The van der Waals surface area contributed by atoms with E-state index in [9.17, 15) is 13.2 Å². The zero-order valence-electron chi connectivity index (χ0n) is 18.1. The molecule has 10 heteroatoms. The predicted octanol–water partition coefficient (Wildman–Crippen LogP) is 3.56. The van der Waals surface area contributed by atoms with Gasteiger partial charge in [-0.15, -0.1) is 0 Å². The van der Waals surface area contributed by atoms with E-state index in [1.54, 1.807) is 30.3 Å². The van der Waals surface area contributed by atoms with Crippen molar-refractivity contribution in [3.63, 3.8) is 0 Å². The Morgan fingerprint density at radius 1 is 1.03 bits per heavy atom. The third-order valence-corrected chi connectivity index (χ3v) is 7.62. The normalized spacial score (nSPS) is 12.9. The summed E-state index contributed by atoms with van der Waals surface area (Å²) in [6, 6.07) is 21.1. The van der Waals surface area contributed by atoms with Crippen LogP contribution < -0.4 is 14.9 Å². The van der Waals surface area contributed by atoms with Crippen molar-refractivity contribution in [3.05, 3.63) is 88.4 Å². The number of halogens is 1. The number of hydrazone groups is 1. The highest BCUT2D eigenvalue weighted by atomic mass is 79.9. The van der Waals surface area contributed by atoms with Gasteiger partial charge in [-0.2, -0.15) is 9.41 Å². The van der Waals surface area contributed by atoms with E-state index in [1.165, 1.54) is 18.3 Å². The van der Waals surface area contributed by atoms with E-state index in [0.29, 0.717) is 28.0 Å². The van der Waals surface area contributed by atoms with E-state index in [2.05, 4.69) is 26.5 Å². The lowest BCUT2D eigenvalue weighted by atomic mass is 10.1. The number of hydrogen-bond donors (Lipinski definition) is 1. The van der Waals surface area contributed by atoms with Crippen LogP contribution in [0.2, 0.25) is 0 Å². The van der Waals surface area contributed by atoms with Crippen molar-refractivity contribution in [1.82, 2.24) is 9.73 Å². The number of sulfonamides is 1. The van der Waals surface area contributed by atoms with Crippen LogP contribution in [0, 0.1) is 0 Å². The summed E-state index contributed by atoms with van der Waals surface area (Å²) in [7, 11) is -3.87. The largest absolute Gasteiger partial charge is 0.454 e. The topological polar surface area (TPSA) is 97.3 Å². The second kappa shape index (κ2) is 10.8. The van der Waals surface area contributed by atoms with Gasteiger partial charge in [-0.05, 0) is 52.2 Å². The van der Waals surface area contributed by atoms with Crippen molar-refractivity contribution in [2.45, 2.75) is 11.3 Å². The number of hydrogen-bond acceptors (Lipinski definition) is 6. The van der Waals surface area contributed by atoms with Gasteiger partial charge in [0.2, 0.25) is 16.8 Å². The maximum absolute atomic E-state index is 13.2. The van der Waals surface area contributed by atoms with E-state index in [0.717, 1.165) is 9.87 Å². The minimum atomic E-state index is -3.87. The molecule has 4 rings (SSSR count). The Balaban J connectivity index is 1.46. The molecule has 1 heterocycles. The van der Waals surface area contributed by atoms with Gasteiger partial charge in [0, 0.05) is 16.6 Å². The molecule has 0 radical (unpaired) electrons. The Kier molecular flexibility index (Phi) is 7.61. The quantitative estimate of drug-likeness (QED) is 0.328. The lowest BCUT2D eigenvalue weighted by Crippen LogP contribution is -2.40. The molecule has 1 amide bonds. The monoisotopic (exact) mass is 543 g/mol. The van der Waals surface area contributed by atoms with Gasteiger partial charge in [-0.3, -0.25) is 4.79 Å². The molecular weight excluding hydrogens is 522 g/mol. The third kappa shape index (κ3) is 5.82. The van der Waals surface area contributed by atoms with Crippen LogP contribution in [0.1, 0.15) is 11.1 Å². The van der Waals surface area contributed by atoms with Crippen LogP contribution in [0.4, 0.5) is 0 Å². The van der Waals surface area contributed by atoms with Crippen LogP contribution in [0.3, 0.4) is 0 Å². The Hall–Kier alpha value is -3.21. The fourth-order valence-corrected chi connectivity index (χ4v) is 5.17. The average Bonchev–Trinajstić information content (AvgIpc) is 3.30. The van der Waals surface area contributed by atoms with E-state index < -0.39 is 15.9 Å². The fourth-order valence-electron chi connectivity index (χ4n) is 3.33. The summed E-state index contributed by atoms with van der Waals surface area (Å²) in [5, 5.41) is 3.98. The zero-order valence-corrected chi connectivity index (χ0v) is 20.5. The third-order valence-electron chi connectivity index (χ3n) is 5.08. The molecule has 8 nitrogen and oxygen atoms in total. The molecular formula is C24H22BrN3O5S. The molecule has 3 aromatic rings. The Bertz CT molecular complexity index is 1280. The van der Waals surface area contributed by atoms with E-state index >= 15 is 0 Å². The van der Waals surface area contributed by atoms with Gasteiger partial charge in [0.25, 0.3) is 5.91 Å². The summed E-state index contributed by atoms with van der Waals surface area (Å²) in [5.74, 6) is 0.644. The van der Waals surface area contributed by atoms with Gasteiger partial charge in [0.05, 0.1) is 17.7 Å². The minimum absolute atomic E-state index is 0.128. The van der Waals surface area contributed by atoms with Crippen LogP contribution in [0.15, 0.2) is 87.3 Å². The molecule has 0 aliphatic carbocycles. The van der Waals surface area contributed by atoms with Crippen LogP contribution in [0.5, 0.6) is 11.5 Å². The van der Waals surface area contributed by atoms with Crippen molar-refractivity contribution in [2.24, 2.45) is 5.10 Å². The maximum Gasteiger partial charge on any atom is 0.255 e. The van der Waals surface area contributed by atoms with Crippen LogP contribution in [-0.2, 0) is 21.2 Å². The summed E-state index contributed by atoms with van der Waals surface area (Å²) in [6.07, 6.45) is 1.91. The van der Waals surface area contributed by atoms with Gasteiger partial charge in [0.15, 0.2) is 11.5 Å². The highest BCUT2D eigenvalue weighted by molar-refractivity contribution is 9.10. The number of carbonyl (C=O) groups is 1. The average molecular weight is 544 g/mol. The lowest BCUT2D eigenvalue weighted by Gasteiger charge is -2.21. The molecule has 0 bridgehead atoms. The van der Waals surface area contributed by atoms with Crippen LogP contribution >= 0.6 is 15.9 Å². The number of rotatable bonds is 9. The van der Waals surface area contributed by atoms with E-state index in [4.69, 9.17) is 9.47 Å². The smallest absolute Gasteiger partial charge is 0.255 e. The Labute approximate surface area is 206 Å².